The van der Waals surface area contributed by atoms with E-state index in [2.05, 4.69) is 52.2 Å². The fraction of sp³-hybridized carbons (Fsp3) is 0.216. The van der Waals surface area contributed by atoms with E-state index < -0.39 is 46.8 Å². The maximum absolute atomic E-state index is 14.4. The predicted molar refractivity (Wildman–Crippen MR) is 255 cm³/mol. The van der Waals surface area contributed by atoms with Gasteiger partial charge in [-0.2, -0.15) is 0 Å². The summed E-state index contributed by atoms with van der Waals surface area (Å²) in [6.07, 6.45) is -0.802. The van der Waals surface area contributed by atoms with E-state index in [1.165, 1.54) is 34.9 Å². The summed E-state index contributed by atoms with van der Waals surface area (Å²) in [7, 11) is 3.79. The number of thiazole rings is 1. The van der Waals surface area contributed by atoms with Crippen molar-refractivity contribution in [3.63, 3.8) is 0 Å². The Morgan fingerprint density at radius 1 is 0.818 bits per heavy atom. The van der Waals surface area contributed by atoms with Gasteiger partial charge in [-0.15, -0.1) is 23.1 Å². The number of β-lactam (4-membered cyclic amide) rings is 1. The Labute approximate surface area is 391 Å². The number of likely N-dealkylation sites (N-methyl/N-ethyl adjacent to an activating group) is 1. The summed E-state index contributed by atoms with van der Waals surface area (Å²) in [6.45, 7) is 1.76. The lowest BCUT2D eigenvalue weighted by Crippen LogP contribution is -2.71. The van der Waals surface area contributed by atoms with E-state index >= 15 is 0 Å². The number of thioether (sulfide) groups is 1. The summed E-state index contributed by atoms with van der Waals surface area (Å²) in [5.74, 6) is -2.32. The summed E-state index contributed by atoms with van der Waals surface area (Å²) < 4.78 is 11.6. The van der Waals surface area contributed by atoms with Crippen molar-refractivity contribution < 1.29 is 33.5 Å². The number of nitrogens with zero attached hydrogens (tertiary/aromatic N) is 4. The van der Waals surface area contributed by atoms with Crippen LogP contribution in [-0.2, 0) is 39.0 Å². The van der Waals surface area contributed by atoms with Crippen LogP contribution in [0.25, 0.3) is 0 Å². The van der Waals surface area contributed by atoms with Gasteiger partial charge in [0.05, 0.1) is 0 Å². The van der Waals surface area contributed by atoms with Crippen molar-refractivity contribution in [2.45, 2.75) is 30.0 Å². The smallest absolute Gasteiger partial charge is 0.356 e. The molecular formula is C51H48N6O7S2. The standard InChI is InChI=1S/C51H48N6O7S2/c1-34(58)62-31-37-32-65-48-43(47(60)57(48)44(37)49(61)64-45(35-19-9-4-10-20-35)36-21-11-5-12-22-36)53-46(59)42(55-63-30-29-56(2)3)41-33-66-50(52-41)54-51(38-23-13-6-14-24-38,39-25-15-7-16-26-39)40-27-17-8-18-28-40/h4-28,33,43,45,48H,29-32H2,1-3H3,(H,52,54)(H,53,59)/t43?,48-/m1/s1. The molecule has 2 N–H and O–H groups in total. The Kier molecular flexibility index (Phi) is 14.4. The van der Waals surface area contributed by atoms with Gasteiger partial charge in [0.1, 0.15) is 41.6 Å². The Hall–Kier alpha value is -7.07. The third-order valence-corrected chi connectivity index (χ3v) is 13.2. The number of esters is 2. The molecule has 1 aromatic heterocycles. The highest BCUT2D eigenvalue weighted by atomic mass is 32.2. The van der Waals surface area contributed by atoms with Crippen LogP contribution < -0.4 is 10.6 Å². The molecule has 1 saturated heterocycles. The Bertz CT molecular complexity index is 2570. The van der Waals surface area contributed by atoms with Gasteiger partial charge in [0.15, 0.2) is 16.9 Å². The predicted octanol–water partition coefficient (Wildman–Crippen LogP) is 7.38. The van der Waals surface area contributed by atoms with Crippen molar-refractivity contribution in [3.8, 4) is 0 Å². The number of aromatic nitrogens is 1. The summed E-state index contributed by atoms with van der Waals surface area (Å²) in [6, 6.07) is 47.8. The zero-order valence-corrected chi connectivity index (χ0v) is 38.2. The van der Waals surface area contributed by atoms with Crippen molar-refractivity contribution in [2.75, 3.05) is 44.9 Å². The third-order valence-electron chi connectivity index (χ3n) is 11.1. The highest BCUT2D eigenvalue weighted by Crippen LogP contribution is 2.43. The number of rotatable bonds is 18. The molecule has 2 aliphatic heterocycles. The Balaban J connectivity index is 1.08. The third kappa shape index (κ3) is 9.93. The minimum absolute atomic E-state index is 0.0257. The van der Waals surface area contributed by atoms with Gasteiger partial charge in [-0.1, -0.05) is 157 Å². The molecule has 0 saturated carbocycles. The minimum atomic E-state index is -1.05. The lowest BCUT2D eigenvalue weighted by molar-refractivity contribution is -0.154. The van der Waals surface area contributed by atoms with Gasteiger partial charge in [0.25, 0.3) is 11.8 Å². The van der Waals surface area contributed by atoms with Crippen LogP contribution >= 0.6 is 23.1 Å². The molecule has 3 heterocycles. The summed E-state index contributed by atoms with van der Waals surface area (Å²) in [4.78, 5) is 68.9. The van der Waals surface area contributed by atoms with Crippen LogP contribution in [-0.4, -0.2) is 95.3 Å². The monoisotopic (exact) mass is 920 g/mol. The second-order valence-corrected chi connectivity index (χ2v) is 17.8. The number of benzene rings is 5. The number of carbonyl (C=O) groups is 4. The number of anilines is 1. The molecule has 0 radical (unpaired) electrons. The average molecular weight is 921 g/mol. The molecule has 8 rings (SSSR count). The van der Waals surface area contributed by atoms with E-state index in [1.54, 1.807) is 5.38 Å². The first-order chi connectivity index (χ1) is 32.1. The van der Waals surface area contributed by atoms with E-state index in [-0.39, 0.29) is 36.1 Å². The van der Waals surface area contributed by atoms with Crippen molar-refractivity contribution >= 4 is 57.7 Å². The van der Waals surface area contributed by atoms with Crippen molar-refractivity contribution in [1.82, 2.24) is 20.1 Å². The first-order valence-corrected chi connectivity index (χ1v) is 23.2. The fourth-order valence-corrected chi connectivity index (χ4v) is 9.93. The second kappa shape index (κ2) is 20.8. The van der Waals surface area contributed by atoms with Gasteiger partial charge in [0.2, 0.25) is 0 Å². The van der Waals surface area contributed by atoms with Gasteiger partial charge in [-0.25, -0.2) is 9.78 Å². The first kappa shape index (κ1) is 45.5. The molecule has 5 aromatic carbocycles. The number of hydrogen-bond donors (Lipinski definition) is 2. The Morgan fingerprint density at radius 2 is 1.35 bits per heavy atom. The van der Waals surface area contributed by atoms with E-state index in [0.29, 0.717) is 17.2 Å². The molecule has 1 fully saturated rings. The topological polar surface area (TPSA) is 152 Å². The van der Waals surface area contributed by atoms with E-state index in [9.17, 15) is 19.2 Å². The molecule has 0 spiro atoms. The van der Waals surface area contributed by atoms with Crippen molar-refractivity contribution in [2.24, 2.45) is 5.16 Å². The lowest BCUT2D eigenvalue weighted by atomic mass is 9.77. The fourth-order valence-electron chi connectivity index (χ4n) is 7.85. The zero-order valence-electron chi connectivity index (χ0n) is 36.5. The van der Waals surface area contributed by atoms with Crippen LogP contribution in [0.4, 0.5) is 5.13 Å². The number of fused-ring (bicyclic) bond motifs is 1. The van der Waals surface area contributed by atoms with Crippen molar-refractivity contribution in [3.05, 3.63) is 202 Å². The Morgan fingerprint density at radius 3 is 1.86 bits per heavy atom. The maximum atomic E-state index is 14.4. The van der Waals surface area contributed by atoms with E-state index in [4.69, 9.17) is 19.3 Å². The van der Waals surface area contributed by atoms with Gasteiger partial charge >= 0.3 is 11.9 Å². The van der Waals surface area contributed by atoms with Gasteiger partial charge < -0.3 is 29.8 Å². The minimum Gasteiger partial charge on any atom is -0.461 e. The van der Waals surface area contributed by atoms with Gasteiger partial charge in [-0.3, -0.25) is 19.3 Å². The van der Waals surface area contributed by atoms with Crippen LogP contribution in [0, 0.1) is 0 Å². The van der Waals surface area contributed by atoms with Crippen LogP contribution in [0.15, 0.2) is 173 Å². The average Bonchev–Trinajstić information content (AvgIpc) is 3.82. The highest BCUT2D eigenvalue weighted by Gasteiger charge is 2.55. The lowest BCUT2D eigenvalue weighted by Gasteiger charge is -2.49. The number of oxime groups is 1. The number of hydrogen-bond acceptors (Lipinski definition) is 13. The van der Waals surface area contributed by atoms with E-state index in [1.807, 2.05) is 134 Å². The SMILES string of the molecule is CC(=O)OCC1=C(C(=O)OC(c2ccccc2)c2ccccc2)N2C(=O)C(NC(=O)C(=NOCCN(C)C)c3csc(NC(c4ccccc4)(c4ccccc4)c4ccccc4)n3)[C@H]2SC1. The molecule has 0 bridgehead atoms. The summed E-state index contributed by atoms with van der Waals surface area (Å²) in [5.41, 5.74) is 3.97. The number of ether oxygens (including phenoxy) is 2. The normalized spacial score (nSPS) is 16.0. The second-order valence-electron chi connectivity index (χ2n) is 15.8. The van der Waals surface area contributed by atoms with Gasteiger partial charge in [-0.05, 0) is 41.9 Å². The number of amides is 2. The van der Waals surface area contributed by atoms with E-state index in [0.717, 1.165) is 27.8 Å². The zero-order chi connectivity index (χ0) is 46.0. The molecule has 2 amide bonds. The van der Waals surface area contributed by atoms with Crippen LogP contribution in [0.1, 0.15) is 46.5 Å². The summed E-state index contributed by atoms with van der Waals surface area (Å²) >= 11 is 2.63. The van der Waals surface area contributed by atoms with Gasteiger partial charge in [0, 0.05) is 30.2 Å². The number of carbonyl (C=O) groups excluding carboxylic acids is 4. The van der Waals surface area contributed by atoms with Crippen LogP contribution in [0.5, 0.6) is 0 Å². The highest BCUT2D eigenvalue weighted by molar-refractivity contribution is 8.00. The molecule has 66 heavy (non-hydrogen) atoms. The molecule has 336 valence electrons. The molecule has 0 aliphatic carbocycles. The molecule has 2 aliphatic rings. The summed E-state index contributed by atoms with van der Waals surface area (Å²) in [5, 5.41) is 12.5. The number of nitrogens with one attached hydrogen (secondary N) is 2. The van der Waals surface area contributed by atoms with Crippen LogP contribution in [0.3, 0.4) is 0 Å². The molecule has 15 heteroatoms. The van der Waals surface area contributed by atoms with Crippen molar-refractivity contribution in [1.29, 1.82) is 0 Å². The molecular weight excluding hydrogens is 873 g/mol. The molecule has 1 unspecified atom stereocenters. The maximum Gasteiger partial charge on any atom is 0.356 e. The first-order valence-electron chi connectivity index (χ1n) is 21.3. The molecule has 2 atom stereocenters. The van der Waals surface area contributed by atoms with Crippen LogP contribution in [0.2, 0.25) is 0 Å². The quantitative estimate of drug-likeness (QED) is 0.0222. The largest absolute Gasteiger partial charge is 0.461 e. The molecule has 13 nitrogen and oxygen atoms in total. The molecule has 6 aromatic rings.